The van der Waals surface area contributed by atoms with Crippen LogP contribution in [0.3, 0.4) is 0 Å². The van der Waals surface area contributed by atoms with Crippen molar-refractivity contribution in [1.29, 1.82) is 0 Å². The highest BCUT2D eigenvalue weighted by Gasteiger charge is 2.25. The van der Waals surface area contributed by atoms with Crippen LogP contribution in [0.5, 0.6) is 0 Å². The maximum absolute atomic E-state index is 12.5. The van der Waals surface area contributed by atoms with E-state index in [1.54, 1.807) is 24.5 Å². The van der Waals surface area contributed by atoms with Gasteiger partial charge in [0.1, 0.15) is 5.82 Å². The van der Waals surface area contributed by atoms with Gasteiger partial charge in [-0.25, -0.2) is 18.4 Å². The summed E-state index contributed by atoms with van der Waals surface area (Å²) in [7, 11) is -3.73. The second kappa shape index (κ2) is 6.68. The highest BCUT2D eigenvalue weighted by atomic mass is 32.2. The molecule has 0 aliphatic heterocycles. The van der Waals surface area contributed by atoms with Gasteiger partial charge < -0.3 is 10.3 Å². The number of aromatic nitrogens is 3. The predicted octanol–water partition coefficient (Wildman–Crippen LogP) is 1.67. The molecule has 0 aliphatic rings. The van der Waals surface area contributed by atoms with E-state index in [1.165, 1.54) is 6.20 Å². The lowest BCUT2D eigenvalue weighted by Crippen LogP contribution is -2.30. The Morgan fingerprint density at radius 3 is 2.71 bits per heavy atom. The molecule has 0 aromatic carbocycles. The quantitative estimate of drug-likeness (QED) is 0.722. The van der Waals surface area contributed by atoms with E-state index in [-0.39, 0.29) is 5.03 Å². The largest absolute Gasteiger partial charge is 0.383 e. The molecule has 2 aromatic rings. The SMILES string of the molecule is CCNc1cccnc1S(=O)(=O)NC(CC)c1ncc[nH]1. The molecule has 1 unspecified atom stereocenters. The zero-order valence-electron chi connectivity index (χ0n) is 12.0. The Balaban J connectivity index is 2.30. The number of rotatable bonds is 7. The van der Waals surface area contributed by atoms with Crippen LogP contribution in [-0.2, 0) is 10.0 Å². The average Bonchev–Trinajstić information content (AvgIpc) is 3.00. The number of imidazole rings is 1. The first kappa shape index (κ1) is 15.5. The fourth-order valence-corrected chi connectivity index (χ4v) is 3.37. The van der Waals surface area contributed by atoms with Crippen molar-refractivity contribution in [2.75, 3.05) is 11.9 Å². The minimum atomic E-state index is -3.73. The van der Waals surface area contributed by atoms with Crippen LogP contribution in [0, 0.1) is 0 Å². The molecule has 0 spiro atoms. The first-order valence-electron chi connectivity index (χ1n) is 6.79. The lowest BCUT2D eigenvalue weighted by molar-refractivity contribution is 0.536. The topological polar surface area (TPSA) is 99.8 Å². The molecule has 2 rings (SSSR count). The van der Waals surface area contributed by atoms with E-state index in [1.807, 2.05) is 13.8 Å². The van der Waals surface area contributed by atoms with Crippen molar-refractivity contribution in [2.45, 2.75) is 31.3 Å². The Hall–Kier alpha value is -1.93. The smallest absolute Gasteiger partial charge is 0.260 e. The van der Waals surface area contributed by atoms with Crippen molar-refractivity contribution in [2.24, 2.45) is 0 Å². The van der Waals surface area contributed by atoms with Crippen LogP contribution in [0.2, 0.25) is 0 Å². The first-order valence-corrected chi connectivity index (χ1v) is 8.27. The number of nitrogens with zero attached hydrogens (tertiary/aromatic N) is 2. The minimum Gasteiger partial charge on any atom is -0.383 e. The fourth-order valence-electron chi connectivity index (χ4n) is 1.97. The molecular weight excluding hydrogens is 290 g/mol. The van der Waals surface area contributed by atoms with Crippen LogP contribution in [0.15, 0.2) is 35.7 Å². The summed E-state index contributed by atoms with van der Waals surface area (Å²) in [5.41, 5.74) is 0.488. The van der Waals surface area contributed by atoms with Crippen LogP contribution in [-0.4, -0.2) is 29.9 Å². The van der Waals surface area contributed by atoms with E-state index in [0.717, 1.165) is 0 Å². The van der Waals surface area contributed by atoms with Crippen molar-refractivity contribution in [3.63, 3.8) is 0 Å². The van der Waals surface area contributed by atoms with Gasteiger partial charge in [-0.05, 0) is 25.5 Å². The average molecular weight is 309 g/mol. The first-order chi connectivity index (χ1) is 10.1. The monoisotopic (exact) mass is 309 g/mol. The number of hydrogen-bond donors (Lipinski definition) is 3. The number of hydrogen-bond acceptors (Lipinski definition) is 5. The van der Waals surface area contributed by atoms with E-state index >= 15 is 0 Å². The molecule has 2 aromatic heterocycles. The Labute approximate surface area is 124 Å². The molecule has 0 radical (unpaired) electrons. The zero-order valence-corrected chi connectivity index (χ0v) is 12.8. The maximum atomic E-state index is 12.5. The molecule has 0 bridgehead atoms. The summed E-state index contributed by atoms with van der Waals surface area (Å²) < 4.78 is 27.7. The second-order valence-corrected chi connectivity index (χ2v) is 6.07. The van der Waals surface area contributed by atoms with Crippen molar-refractivity contribution in [3.05, 3.63) is 36.5 Å². The second-order valence-electron chi connectivity index (χ2n) is 4.44. The number of H-pyrrole nitrogens is 1. The van der Waals surface area contributed by atoms with E-state index in [2.05, 4.69) is 25.0 Å². The molecule has 7 nitrogen and oxygen atoms in total. The van der Waals surface area contributed by atoms with E-state index in [9.17, 15) is 8.42 Å². The summed E-state index contributed by atoms with van der Waals surface area (Å²) >= 11 is 0. The molecule has 0 saturated carbocycles. The number of sulfonamides is 1. The molecule has 0 fully saturated rings. The maximum Gasteiger partial charge on any atom is 0.260 e. The predicted molar refractivity (Wildman–Crippen MR) is 80.3 cm³/mol. The third-order valence-electron chi connectivity index (χ3n) is 2.95. The van der Waals surface area contributed by atoms with Crippen molar-refractivity contribution in [1.82, 2.24) is 19.7 Å². The van der Waals surface area contributed by atoms with Crippen LogP contribution in [0.25, 0.3) is 0 Å². The van der Waals surface area contributed by atoms with Crippen LogP contribution < -0.4 is 10.0 Å². The van der Waals surface area contributed by atoms with E-state index < -0.39 is 16.1 Å². The van der Waals surface area contributed by atoms with Gasteiger partial charge in [-0.1, -0.05) is 6.92 Å². The lowest BCUT2D eigenvalue weighted by Gasteiger charge is -2.16. The third kappa shape index (κ3) is 3.59. The molecule has 21 heavy (non-hydrogen) atoms. The Morgan fingerprint density at radius 2 is 2.10 bits per heavy atom. The zero-order chi connectivity index (χ0) is 15.3. The summed E-state index contributed by atoms with van der Waals surface area (Å²) in [6.07, 6.45) is 5.30. The summed E-state index contributed by atoms with van der Waals surface area (Å²) in [5.74, 6) is 0.585. The summed E-state index contributed by atoms with van der Waals surface area (Å²) in [5, 5.41) is 3.00. The van der Waals surface area contributed by atoms with E-state index in [4.69, 9.17) is 0 Å². The van der Waals surface area contributed by atoms with Gasteiger partial charge in [0.15, 0.2) is 5.03 Å². The van der Waals surface area contributed by atoms with Gasteiger partial charge in [-0.15, -0.1) is 0 Å². The Bertz CT molecular complexity index is 670. The van der Waals surface area contributed by atoms with Crippen molar-refractivity contribution < 1.29 is 8.42 Å². The molecule has 3 N–H and O–H groups in total. The van der Waals surface area contributed by atoms with Gasteiger partial charge in [0.25, 0.3) is 10.0 Å². The minimum absolute atomic E-state index is 0.00291. The van der Waals surface area contributed by atoms with Crippen molar-refractivity contribution in [3.8, 4) is 0 Å². The highest BCUT2D eigenvalue weighted by Crippen LogP contribution is 2.21. The van der Waals surface area contributed by atoms with Gasteiger partial charge in [0, 0.05) is 25.1 Å². The summed E-state index contributed by atoms with van der Waals surface area (Å²) in [6, 6.07) is 2.97. The third-order valence-corrected chi connectivity index (χ3v) is 4.38. The van der Waals surface area contributed by atoms with Gasteiger partial charge >= 0.3 is 0 Å². The number of anilines is 1. The lowest BCUT2D eigenvalue weighted by atomic mass is 10.2. The number of nitrogens with one attached hydrogen (secondary N) is 3. The normalized spacial score (nSPS) is 13.0. The summed E-state index contributed by atoms with van der Waals surface area (Å²) in [4.78, 5) is 11.0. The standard InChI is InChI=1S/C13H19N5O2S/c1-3-10(12-15-8-9-16-12)18-21(19,20)13-11(14-4-2)6-5-7-17-13/h5-10,14,18H,3-4H2,1-2H3,(H,15,16). The van der Waals surface area contributed by atoms with Crippen LogP contribution >= 0.6 is 0 Å². The van der Waals surface area contributed by atoms with Crippen molar-refractivity contribution >= 4 is 15.7 Å². The molecular formula is C13H19N5O2S. The molecule has 2 heterocycles. The molecule has 8 heteroatoms. The molecule has 114 valence electrons. The van der Waals surface area contributed by atoms with Gasteiger partial charge in [0.2, 0.25) is 0 Å². The number of pyridine rings is 1. The van der Waals surface area contributed by atoms with Crippen LogP contribution in [0.1, 0.15) is 32.1 Å². The molecule has 1 atom stereocenters. The summed E-state index contributed by atoms with van der Waals surface area (Å²) in [6.45, 7) is 4.40. The molecule has 0 saturated heterocycles. The van der Waals surface area contributed by atoms with Gasteiger partial charge in [0.05, 0.1) is 11.7 Å². The van der Waals surface area contributed by atoms with Gasteiger partial charge in [-0.3, -0.25) is 0 Å². The molecule has 0 amide bonds. The number of aromatic amines is 1. The Morgan fingerprint density at radius 1 is 1.29 bits per heavy atom. The fraction of sp³-hybridized carbons (Fsp3) is 0.385. The van der Waals surface area contributed by atoms with E-state index in [0.29, 0.717) is 24.5 Å². The molecule has 0 aliphatic carbocycles. The van der Waals surface area contributed by atoms with Gasteiger partial charge in [-0.2, -0.15) is 4.72 Å². The highest BCUT2D eigenvalue weighted by molar-refractivity contribution is 7.89. The van der Waals surface area contributed by atoms with Crippen LogP contribution in [0.4, 0.5) is 5.69 Å². The Kier molecular flexibility index (Phi) is 4.92.